The largest absolute Gasteiger partial charge is 0.342 e. The van der Waals surface area contributed by atoms with Gasteiger partial charge in [0.2, 0.25) is 11.7 Å². The number of carbonyl (C=O) groups excluding carboxylic acids is 2. The number of nitrogens with zero attached hydrogens (tertiary/aromatic N) is 6. The summed E-state index contributed by atoms with van der Waals surface area (Å²) in [4.78, 5) is 36.7. The zero-order valence-electron chi connectivity index (χ0n) is 20.1. The molecule has 35 heavy (non-hydrogen) atoms. The standard InChI is InChI=1S/C27H32N6O2/c34-24(31-15-9-1-2-10-16-31)21-30-17-19-32(20-18-30)27(35)25-28-26(22-11-5-3-6-12-22)33(29-25)23-13-7-4-8-14-23/h3-8,11-14H,1-2,9-10,15-21H2. The van der Waals surface area contributed by atoms with Crippen molar-refractivity contribution < 1.29 is 9.59 Å². The van der Waals surface area contributed by atoms with Crippen LogP contribution in [0.2, 0.25) is 0 Å². The summed E-state index contributed by atoms with van der Waals surface area (Å²) in [5, 5.41) is 4.61. The molecule has 182 valence electrons. The van der Waals surface area contributed by atoms with Gasteiger partial charge in [0.25, 0.3) is 5.91 Å². The van der Waals surface area contributed by atoms with E-state index >= 15 is 0 Å². The van der Waals surface area contributed by atoms with Crippen molar-refractivity contribution >= 4 is 11.8 Å². The predicted molar refractivity (Wildman–Crippen MR) is 134 cm³/mol. The second-order valence-corrected chi connectivity index (χ2v) is 9.24. The Hall–Kier alpha value is -3.52. The van der Waals surface area contributed by atoms with Crippen LogP contribution in [0.25, 0.3) is 17.1 Å². The van der Waals surface area contributed by atoms with E-state index in [-0.39, 0.29) is 17.6 Å². The molecule has 8 nitrogen and oxygen atoms in total. The molecule has 1 aromatic heterocycles. The highest BCUT2D eigenvalue weighted by molar-refractivity contribution is 5.91. The van der Waals surface area contributed by atoms with Gasteiger partial charge in [-0.1, -0.05) is 61.4 Å². The van der Waals surface area contributed by atoms with Crippen LogP contribution in [0, 0.1) is 0 Å². The van der Waals surface area contributed by atoms with E-state index in [0.29, 0.717) is 38.5 Å². The number of para-hydroxylation sites is 1. The molecule has 3 heterocycles. The molecule has 0 saturated carbocycles. The molecule has 8 heteroatoms. The van der Waals surface area contributed by atoms with E-state index in [0.717, 1.165) is 37.2 Å². The second-order valence-electron chi connectivity index (χ2n) is 9.24. The molecule has 3 aromatic rings. The lowest BCUT2D eigenvalue weighted by atomic mass is 10.2. The molecule has 0 spiro atoms. The van der Waals surface area contributed by atoms with Crippen molar-refractivity contribution in [2.75, 3.05) is 45.8 Å². The third kappa shape index (κ3) is 5.43. The van der Waals surface area contributed by atoms with Gasteiger partial charge in [0.05, 0.1) is 12.2 Å². The van der Waals surface area contributed by atoms with Gasteiger partial charge in [0, 0.05) is 44.8 Å². The lowest BCUT2D eigenvalue weighted by Gasteiger charge is -2.34. The van der Waals surface area contributed by atoms with Gasteiger partial charge < -0.3 is 9.80 Å². The molecule has 2 aliphatic heterocycles. The minimum atomic E-state index is -0.171. The Morgan fingerprint density at radius 1 is 0.714 bits per heavy atom. The van der Waals surface area contributed by atoms with Crippen molar-refractivity contribution in [3.05, 3.63) is 66.5 Å². The molecule has 0 unspecified atom stereocenters. The van der Waals surface area contributed by atoms with Crippen molar-refractivity contribution in [2.45, 2.75) is 25.7 Å². The van der Waals surface area contributed by atoms with Crippen molar-refractivity contribution in [1.82, 2.24) is 29.5 Å². The topological polar surface area (TPSA) is 74.6 Å². The summed E-state index contributed by atoms with van der Waals surface area (Å²) in [6.45, 7) is 4.65. The normalized spacial score (nSPS) is 17.3. The molecule has 0 radical (unpaired) electrons. The number of hydrogen-bond donors (Lipinski definition) is 0. The van der Waals surface area contributed by atoms with Gasteiger partial charge >= 0.3 is 0 Å². The van der Waals surface area contributed by atoms with Gasteiger partial charge in [-0.3, -0.25) is 14.5 Å². The Balaban J connectivity index is 1.26. The van der Waals surface area contributed by atoms with Crippen LogP contribution in [0.3, 0.4) is 0 Å². The molecule has 2 aliphatic rings. The van der Waals surface area contributed by atoms with Crippen LogP contribution < -0.4 is 0 Å². The zero-order valence-corrected chi connectivity index (χ0v) is 20.1. The number of piperazine rings is 1. The monoisotopic (exact) mass is 472 g/mol. The summed E-state index contributed by atoms with van der Waals surface area (Å²) in [5.74, 6) is 0.876. The molecule has 0 aliphatic carbocycles. The van der Waals surface area contributed by atoms with Gasteiger partial charge in [-0.25, -0.2) is 9.67 Å². The average molecular weight is 473 g/mol. The Morgan fingerprint density at radius 3 is 2.00 bits per heavy atom. The van der Waals surface area contributed by atoms with Gasteiger partial charge in [-0.15, -0.1) is 5.10 Å². The van der Waals surface area contributed by atoms with E-state index in [1.165, 1.54) is 12.8 Å². The maximum absolute atomic E-state index is 13.3. The number of benzene rings is 2. The first kappa shape index (κ1) is 23.2. The summed E-state index contributed by atoms with van der Waals surface area (Å²) >= 11 is 0. The fraction of sp³-hybridized carbons (Fsp3) is 0.407. The Bertz CT molecular complexity index is 1070. The first-order valence-electron chi connectivity index (χ1n) is 12.6. The molecule has 2 amide bonds. The molecule has 2 aromatic carbocycles. The Kier molecular flexibility index (Phi) is 7.18. The SMILES string of the molecule is O=C(CN1CCN(C(=O)c2nc(-c3ccccc3)n(-c3ccccc3)n2)CC1)N1CCCCCC1. The molecule has 2 saturated heterocycles. The Labute approximate surface area is 206 Å². The number of carbonyl (C=O) groups is 2. The van der Waals surface area contributed by atoms with Gasteiger partial charge in [0.1, 0.15) is 0 Å². The maximum Gasteiger partial charge on any atom is 0.293 e. The van der Waals surface area contributed by atoms with Gasteiger partial charge in [-0.2, -0.15) is 0 Å². The van der Waals surface area contributed by atoms with Crippen LogP contribution in [-0.2, 0) is 4.79 Å². The summed E-state index contributed by atoms with van der Waals surface area (Å²) in [6.07, 6.45) is 4.62. The molecule has 0 N–H and O–H groups in total. The zero-order chi connectivity index (χ0) is 24.0. The summed E-state index contributed by atoms with van der Waals surface area (Å²) in [6, 6.07) is 19.5. The average Bonchev–Trinajstić information content (AvgIpc) is 3.17. The predicted octanol–water partition coefficient (Wildman–Crippen LogP) is 3.09. The summed E-state index contributed by atoms with van der Waals surface area (Å²) < 4.78 is 1.73. The molecular weight excluding hydrogens is 440 g/mol. The van der Waals surface area contributed by atoms with E-state index in [1.807, 2.05) is 65.6 Å². The second kappa shape index (κ2) is 10.8. The fourth-order valence-corrected chi connectivity index (χ4v) is 4.79. The number of hydrogen-bond acceptors (Lipinski definition) is 5. The van der Waals surface area contributed by atoms with Crippen LogP contribution in [0.5, 0.6) is 0 Å². The number of aromatic nitrogens is 3. The molecular formula is C27H32N6O2. The number of rotatable bonds is 5. The van der Waals surface area contributed by atoms with E-state index in [9.17, 15) is 9.59 Å². The smallest absolute Gasteiger partial charge is 0.293 e. The van der Waals surface area contributed by atoms with Crippen LogP contribution in [-0.4, -0.2) is 87.1 Å². The van der Waals surface area contributed by atoms with E-state index in [1.54, 1.807) is 9.58 Å². The molecule has 0 bridgehead atoms. The summed E-state index contributed by atoms with van der Waals surface area (Å²) in [5.41, 5.74) is 1.76. The minimum absolute atomic E-state index is 0.171. The van der Waals surface area contributed by atoms with E-state index in [4.69, 9.17) is 0 Å². The lowest BCUT2D eigenvalue weighted by molar-refractivity contribution is -0.132. The molecule has 2 fully saturated rings. The van der Waals surface area contributed by atoms with Crippen molar-refractivity contribution in [2.24, 2.45) is 0 Å². The van der Waals surface area contributed by atoms with Crippen LogP contribution in [0.4, 0.5) is 0 Å². The first-order valence-corrected chi connectivity index (χ1v) is 12.6. The fourth-order valence-electron chi connectivity index (χ4n) is 4.79. The number of amides is 2. The summed E-state index contributed by atoms with van der Waals surface area (Å²) in [7, 11) is 0. The highest BCUT2D eigenvalue weighted by Gasteiger charge is 2.28. The highest BCUT2D eigenvalue weighted by atomic mass is 16.2. The molecule has 5 rings (SSSR count). The minimum Gasteiger partial charge on any atom is -0.342 e. The lowest BCUT2D eigenvalue weighted by Crippen LogP contribution is -2.51. The Morgan fingerprint density at radius 2 is 1.34 bits per heavy atom. The van der Waals surface area contributed by atoms with Gasteiger partial charge in [0.15, 0.2) is 5.82 Å². The first-order chi connectivity index (χ1) is 17.2. The third-order valence-corrected chi connectivity index (χ3v) is 6.81. The van der Waals surface area contributed by atoms with Crippen LogP contribution >= 0.6 is 0 Å². The number of likely N-dealkylation sites (tertiary alicyclic amines) is 1. The van der Waals surface area contributed by atoms with Crippen molar-refractivity contribution in [3.63, 3.8) is 0 Å². The third-order valence-electron chi connectivity index (χ3n) is 6.81. The van der Waals surface area contributed by atoms with Crippen LogP contribution in [0.15, 0.2) is 60.7 Å². The quantitative estimate of drug-likeness (QED) is 0.571. The maximum atomic E-state index is 13.3. The highest BCUT2D eigenvalue weighted by Crippen LogP contribution is 2.22. The van der Waals surface area contributed by atoms with Crippen molar-refractivity contribution in [1.29, 1.82) is 0 Å². The van der Waals surface area contributed by atoms with Crippen LogP contribution in [0.1, 0.15) is 36.3 Å². The van der Waals surface area contributed by atoms with Crippen molar-refractivity contribution in [3.8, 4) is 17.1 Å². The van der Waals surface area contributed by atoms with E-state index in [2.05, 4.69) is 15.0 Å². The van der Waals surface area contributed by atoms with Gasteiger partial charge in [-0.05, 0) is 25.0 Å². The van der Waals surface area contributed by atoms with E-state index < -0.39 is 0 Å². The molecule has 0 atom stereocenters.